The molecule has 2 aromatic heterocycles. The zero-order valence-corrected chi connectivity index (χ0v) is 19.8. The average Bonchev–Trinajstić information content (AvgIpc) is 3.33. The predicted molar refractivity (Wildman–Crippen MR) is 127 cm³/mol. The van der Waals surface area contributed by atoms with Crippen LogP contribution in [-0.4, -0.2) is 17.7 Å². The van der Waals surface area contributed by atoms with Gasteiger partial charge in [-0.15, -0.1) is 0 Å². The molecule has 0 aliphatic heterocycles. The highest BCUT2D eigenvalue weighted by atomic mass is 16.6. The van der Waals surface area contributed by atoms with Gasteiger partial charge in [-0.1, -0.05) is 26.3 Å². The molecule has 0 N–H and O–H groups in total. The van der Waals surface area contributed by atoms with Crippen LogP contribution in [0.1, 0.15) is 66.1 Å². The Kier molecular flexibility index (Phi) is 7.49. The Morgan fingerprint density at radius 2 is 1.88 bits per heavy atom. The number of furan rings is 2. The second kappa shape index (κ2) is 10.1. The lowest BCUT2D eigenvalue weighted by molar-refractivity contribution is -0.153. The van der Waals surface area contributed by atoms with Crippen molar-refractivity contribution in [1.82, 2.24) is 0 Å². The summed E-state index contributed by atoms with van der Waals surface area (Å²) in [5.74, 6) is 2.75. The largest absolute Gasteiger partial charge is 0.490 e. The smallest absolute Gasteiger partial charge is 0.333 e. The van der Waals surface area contributed by atoms with Crippen LogP contribution in [0.5, 0.6) is 5.75 Å². The first-order chi connectivity index (χ1) is 15.2. The van der Waals surface area contributed by atoms with Crippen LogP contribution >= 0.6 is 0 Å². The number of benzene rings is 1. The number of aryl methyl sites for hydroxylation is 1. The van der Waals surface area contributed by atoms with Crippen molar-refractivity contribution in [2.24, 2.45) is 0 Å². The molecule has 1 aromatic carbocycles. The Morgan fingerprint density at radius 1 is 1.09 bits per heavy atom. The van der Waals surface area contributed by atoms with Gasteiger partial charge in [0.05, 0.1) is 6.10 Å². The van der Waals surface area contributed by atoms with Crippen molar-refractivity contribution in [2.45, 2.75) is 78.4 Å². The highest BCUT2D eigenvalue weighted by Crippen LogP contribution is 2.32. The van der Waals surface area contributed by atoms with Gasteiger partial charge in [0, 0.05) is 29.9 Å². The van der Waals surface area contributed by atoms with E-state index in [1.54, 1.807) is 6.92 Å². The van der Waals surface area contributed by atoms with E-state index in [-0.39, 0.29) is 6.10 Å². The van der Waals surface area contributed by atoms with E-state index in [2.05, 4.69) is 13.5 Å². The molecular formula is C27H34O5. The fraction of sp³-hybridized carbons (Fsp3) is 0.444. The lowest BCUT2D eigenvalue weighted by Gasteiger charge is -2.28. The van der Waals surface area contributed by atoms with E-state index in [0.717, 1.165) is 35.3 Å². The van der Waals surface area contributed by atoms with Gasteiger partial charge in [0.2, 0.25) is 0 Å². The number of rotatable bonds is 11. The number of carbonyl (C=O) groups excluding carboxylic acids is 1. The third-order valence-electron chi connectivity index (χ3n) is 5.26. The summed E-state index contributed by atoms with van der Waals surface area (Å²) in [4.78, 5) is 11.8. The summed E-state index contributed by atoms with van der Waals surface area (Å²) >= 11 is 0. The minimum absolute atomic E-state index is 0.162. The van der Waals surface area contributed by atoms with E-state index in [1.165, 1.54) is 12.8 Å². The molecule has 5 nitrogen and oxygen atoms in total. The molecule has 2 heterocycles. The molecule has 3 rings (SSSR count). The van der Waals surface area contributed by atoms with Crippen molar-refractivity contribution < 1.29 is 23.1 Å². The molecule has 0 amide bonds. The first-order valence-electron chi connectivity index (χ1n) is 11.3. The first-order valence-corrected chi connectivity index (χ1v) is 11.3. The summed E-state index contributed by atoms with van der Waals surface area (Å²) in [6.07, 6.45) is 4.85. The zero-order valence-electron chi connectivity index (χ0n) is 19.8. The van der Waals surface area contributed by atoms with E-state index in [0.29, 0.717) is 23.5 Å². The topological polar surface area (TPSA) is 61.8 Å². The normalized spacial score (nSPS) is 12.7. The second-order valence-corrected chi connectivity index (χ2v) is 9.10. The molecule has 0 saturated heterocycles. The molecule has 0 saturated carbocycles. The Balaban J connectivity index is 1.66. The number of ether oxygens (including phenoxy) is 2. The molecule has 1 atom stereocenters. The summed E-state index contributed by atoms with van der Waals surface area (Å²) in [6, 6.07) is 11.7. The summed E-state index contributed by atoms with van der Waals surface area (Å²) in [5, 5.41) is 0.986. The molecule has 0 aliphatic rings. The molecule has 0 aliphatic carbocycles. The fourth-order valence-electron chi connectivity index (χ4n) is 3.75. The Bertz CT molecular complexity index is 1070. The van der Waals surface area contributed by atoms with E-state index in [1.807, 2.05) is 57.2 Å². The van der Waals surface area contributed by atoms with Crippen molar-refractivity contribution in [3.8, 4) is 17.3 Å². The van der Waals surface area contributed by atoms with Crippen LogP contribution in [0.2, 0.25) is 0 Å². The highest BCUT2D eigenvalue weighted by Gasteiger charge is 2.27. The molecule has 172 valence electrons. The number of hydrogen-bond acceptors (Lipinski definition) is 5. The van der Waals surface area contributed by atoms with Gasteiger partial charge in [0.25, 0.3) is 0 Å². The van der Waals surface area contributed by atoms with Crippen molar-refractivity contribution in [3.05, 3.63) is 54.3 Å². The highest BCUT2D eigenvalue weighted by molar-refractivity contribution is 5.87. The molecule has 5 heteroatoms. The number of carbonyl (C=O) groups is 1. The van der Waals surface area contributed by atoms with Gasteiger partial charge < -0.3 is 18.3 Å². The number of fused-ring (bicyclic) bond motifs is 1. The molecule has 3 aromatic rings. The zero-order chi connectivity index (χ0) is 23.3. The summed E-state index contributed by atoms with van der Waals surface area (Å²) in [6.45, 7) is 13.2. The summed E-state index contributed by atoms with van der Waals surface area (Å²) in [5.41, 5.74) is 0.461. The second-order valence-electron chi connectivity index (χ2n) is 9.10. The lowest BCUT2D eigenvalue weighted by atomic mass is 10.0. The minimum atomic E-state index is -0.661. The van der Waals surface area contributed by atoms with E-state index in [9.17, 15) is 4.79 Å². The maximum atomic E-state index is 11.8. The van der Waals surface area contributed by atoms with Crippen LogP contribution in [0.3, 0.4) is 0 Å². The SMILES string of the molecule is C=C(C)C(=O)OC(C)(C)CC(C)Oc1ccc2cc(-c3ccc(CCCCC)o3)oc2c1. The molecule has 32 heavy (non-hydrogen) atoms. The molecule has 0 fully saturated rings. The average molecular weight is 439 g/mol. The summed E-state index contributed by atoms with van der Waals surface area (Å²) in [7, 11) is 0. The van der Waals surface area contributed by atoms with Crippen LogP contribution in [-0.2, 0) is 16.0 Å². The minimum Gasteiger partial charge on any atom is -0.490 e. The van der Waals surface area contributed by atoms with Crippen molar-refractivity contribution in [3.63, 3.8) is 0 Å². The molecule has 0 bridgehead atoms. The quantitative estimate of drug-likeness (QED) is 0.176. The predicted octanol–water partition coefficient (Wildman–Crippen LogP) is 7.48. The summed E-state index contributed by atoms with van der Waals surface area (Å²) < 4.78 is 23.6. The van der Waals surface area contributed by atoms with E-state index in [4.69, 9.17) is 18.3 Å². The van der Waals surface area contributed by atoms with Gasteiger partial charge in [-0.25, -0.2) is 4.79 Å². The number of unbranched alkanes of at least 4 members (excludes halogenated alkanes) is 2. The van der Waals surface area contributed by atoms with Gasteiger partial charge in [0.15, 0.2) is 11.5 Å². The van der Waals surface area contributed by atoms with Gasteiger partial charge in [-0.05, 0) is 64.4 Å². The van der Waals surface area contributed by atoms with Crippen LogP contribution in [0, 0.1) is 0 Å². The lowest BCUT2D eigenvalue weighted by Crippen LogP contribution is -2.33. The van der Waals surface area contributed by atoms with Crippen molar-refractivity contribution >= 4 is 16.9 Å². The van der Waals surface area contributed by atoms with Crippen LogP contribution in [0.4, 0.5) is 0 Å². The van der Waals surface area contributed by atoms with Crippen molar-refractivity contribution in [1.29, 1.82) is 0 Å². The Morgan fingerprint density at radius 3 is 2.59 bits per heavy atom. The van der Waals surface area contributed by atoms with Crippen molar-refractivity contribution in [2.75, 3.05) is 0 Å². The molecule has 0 spiro atoms. The monoisotopic (exact) mass is 438 g/mol. The maximum absolute atomic E-state index is 11.8. The van der Waals surface area contributed by atoms with E-state index < -0.39 is 11.6 Å². The van der Waals surface area contributed by atoms with Gasteiger partial charge in [-0.2, -0.15) is 0 Å². The Hall–Kier alpha value is -2.95. The number of hydrogen-bond donors (Lipinski definition) is 0. The fourth-order valence-corrected chi connectivity index (χ4v) is 3.75. The molecular weight excluding hydrogens is 404 g/mol. The third-order valence-corrected chi connectivity index (χ3v) is 5.26. The van der Waals surface area contributed by atoms with Gasteiger partial charge >= 0.3 is 5.97 Å². The van der Waals surface area contributed by atoms with Crippen LogP contribution in [0.15, 0.2) is 57.4 Å². The molecule has 0 radical (unpaired) electrons. The molecule has 1 unspecified atom stereocenters. The third kappa shape index (κ3) is 6.28. The van der Waals surface area contributed by atoms with Crippen LogP contribution < -0.4 is 4.74 Å². The van der Waals surface area contributed by atoms with E-state index >= 15 is 0 Å². The maximum Gasteiger partial charge on any atom is 0.333 e. The van der Waals surface area contributed by atoms with Gasteiger partial charge in [0.1, 0.15) is 22.7 Å². The number of esters is 1. The van der Waals surface area contributed by atoms with Crippen LogP contribution in [0.25, 0.3) is 22.5 Å². The standard InChI is InChI=1S/C27H34O5/c1-7-8-9-10-21-13-14-23(30-21)25-15-20-11-12-22(16-24(20)31-25)29-19(4)17-27(5,6)32-26(28)18(2)3/h11-16,19H,2,7-10,17H2,1,3-6H3. The first kappa shape index (κ1) is 23.7. The Labute approximate surface area is 190 Å². The van der Waals surface area contributed by atoms with Gasteiger partial charge in [-0.3, -0.25) is 0 Å².